The molecule has 114 valence electrons. The molecule has 5 heteroatoms. The van der Waals surface area contributed by atoms with Crippen LogP contribution in [-0.4, -0.2) is 23.2 Å². The molecule has 0 aliphatic heterocycles. The molecule has 0 heterocycles. The van der Waals surface area contributed by atoms with Crippen LogP contribution in [0.15, 0.2) is 30.3 Å². The summed E-state index contributed by atoms with van der Waals surface area (Å²) in [4.78, 5) is 23.3. The Kier molecular flexibility index (Phi) is 4.50. The molecule has 5 nitrogen and oxygen atoms in total. The molecule has 2 N–H and O–H groups in total. The first kappa shape index (κ1) is 15.4. The van der Waals surface area contributed by atoms with E-state index in [1.807, 2.05) is 30.3 Å². The predicted octanol–water partition coefficient (Wildman–Crippen LogP) is 2.80. The van der Waals surface area contributed by atoms with Crippen LogP contribution < -0.4 is 5.32 Å². The zero-order valence-electron chi connectivity index (χ0n) is 12.3. The van der Waals surface area contributed by atoms with Crippen LogP contribution in [-0.2, 0) is 16.1 Å². The standard InChI is InChI=1S/C16H21NO4/c1-16(2,14(18)19)13(12-8-9-12)17-15(20)21-10-11-6-4-3-5-7-11/h3-7,12-13H,8-10H2,1-2H3,(H,17,20)(H,18,19)/t13-/m0/s1. The fourth-order valence-corrected chi connectivity index (χ4v) is 2.34. The van der Waals surface area contributed by atoms with Crippen molar-refractivity contribution in [2.75, 3.05) is 0 Å². The van der Waals surface area contributed by atoms with Crippen molar-refractivity contribution in [3.63, 3.8) is 0 Å². The number of benzene rings is 1. The molecule has 0 aromatic heterocycles. The molecule has 1 atom stereocenters. The van der Waals surface area contributed by atoms with E-state index >= 15 is 0 Å². The SMILES string of the molecule is CC(C)(C(=O)O)[C@@H](NC(=O)OCc1ccccc1)C1CC1. The van der Waals surface area contributed by atoms with Gasteiger partial charge in [-0.1, -0.05) is 30.3 Å². The van der Waals surface area contributed by atoms with Gasteiger partial charge in [-0.25, -0.2) is 4.79 Å². The second-order valence-corrected chi connectivity index (χ2v) is 6.05. The smallest absolute Gasteiger partial charge is 0.407 e. The number of carboxylic acids is 1. The lowest BCUT2D eigenvalue weighted by Gasteiger charge is -2.30. The van der Waals surface area contributed by atoms with Crippen LogP contribution in [0, 0.1) is 11.3 Å². The molecule has 0 saturated heterocycles. The van der Waals surface area contributed by atoms with Crippen LogP contribution in [0.5, 0.6) is 0 Å². The van der Waals surface area contributed by atoms with Crippen molar-refractivity contribution >= 4 is 12.1 Å². The monoisotopic (exact) mass is 291 g/mol. The normalized spacial score (nSPS) is 16.1. The van der Waals surface area contributed by atoms with Crippen LogP contribution >= 0.6 is 0 Å². The van der Waals surface area contributed by atoms with Crippen molar-refractivity contribution in [3.05, 3.63) is 35.9 Å². The van der Waals surface area contributed by atoms with Crippen molar-refractivity contribution in [2.24, 2.45) is 11.3 Å². The van der Waals surface area contributed by atoms with Crippen molar-refractivity contribution in [3.8, 4) is 0 Å². The lowest BCUT2D eigenvalue weighted by Crippen LogP contribution is -2.50. The summed E-state index contributed by atoms with van der Waals surface area (Å²) in [7, 11) is 0. The van der Waals surface area contributed by atoms with Crippen LogP contribution in [0.3, 0.4) is 0 Å². The highest BCUT2D eigenvalue weighted by Gasteiger charge is 2.46. The van der Waals surface area contributed by atoms with E-state index in [-0.39, 0.29) is 12.5 Å². The van der Waals surface area contributed by atoms with E-state index < -0.39 is 23.5 Å². The first-order valence-electron chi connectivity index (χ1n) is 7.12. The van der Waals surface area contributed by atoms with Crippen LogP contribution in [0.1, 0.15) is 32.3 Å². The van der Waals surface area contributed by atoms with Crippen molar-refractivity contribution in [2.45, 2.75) is 39.3 Å². The first-order valence-corrected chi connectivity index (χ1v) is 7.12. The average molecular weight is 291 g/mol. The Morgan fingerprint density at radius 1 is 1.33 bits per heavy atom. The Morgan fingerprint density at radius 3 is 2.48 bits per heavy atom. The first-order chi connectivity index (χ1) is 9.91. The van der Waals surface area contributed by atoms with Gasteiger partial charge in [0.15, 0.2) is 0 Å². The van der Waals surface area contributed by atoms with Gasteiger partial charge in [-0.2, -0.15) is 0 Å². The minimum Gasteiger partial charge on any atom is -0.481 e. The minimum atomic E-state index is -1.01. The summed E-state index contributed by atoms with van der Waals surface area (Å²) in [6, 6.07) is 8.97. The molecule has 2 rings (SSSR count). The molecule has 1 saturated carbocycles. The van der Waals surface area contributed by atoms with Gasteiger partial charge in [0, 0.05) is 0 Å². The largest absolute Gasteiger partial charge is 0.481 e. The number of carboxylic acid groups (broad SMARTS) is 1. The van der Waals surface area contributed by atoms with Gasteiger partial charge < -0.3 is 15.2 Å². The van der Waals surface area contributed by atoms with Crippen LogP contribution in [0.2, 0.25) is 0 Å². The third-order valence-corrected chi connectivity index (χ3v) is 3.91. The number of alkyl carbamates (subject to hydrolysis) is 1. The summed E-state index contributed by atoms with van der Waals surface area (Å²) in [6.45, 7) is 3.45. The van der Waals surface area contributed by atoms with Crippen molar-refractivity contribution < 1.29 is 19.4 Å². The van der Waals surface area contributed by atoms with Crippen molar-refractivity contribution in [1.29, 1.82) is 0 Å². The van der Waals surface area contributed by atoms with Gasteiger partial charge in [0.25, 0.3) is 0 Å². The maximum Gasteiger partial charge on any atom is 0.407 e. The summed E-state index contributed by atoms with van der Waals surface area (Å²) in [5, 5.41) is 12.0. The Hall–Kier alpha value is -2.04. The van der Waals surface area contributed by atoms with Gasteiger partial charge in [-0.05, 0) is 38.2 Å². The van der Waals surface area contributed by atoms with E-state index in [1.54, 1.807) is 13.8 Å². The van der Waals surface area contributed by atoms with E-state index in [0.29, 0.717) is 0 Å². The number of hydrogen-bond donors (Lipinski definition) is 2. The zero-order valence-corrected chi connectivity index (χ0v) is 12.3. The zero-order chi connectivity index (χ0) is 15.5. The van der Waals surface area contributed by atoms with Gasteiger partial charge in [0.2, 0.25) is 0 Å². The molecule has 1 fully saturated rings. The highest BCUT2D eigenvalue weighted by molar-refractivity contribution is 5.76. The summed E-state index contributed by atoms with van der Waals surface area (Å²) in [6.07, 6.45) is 1.32. The molecule has 21 heavy (non-hydrogen) atoms. The average Bonchev–Trinajstić information content (AvgIpc) is 3.27. The molecular formula is C16H21NO4. The summed E-state index contributed by atoms with van der Waals surface area (Å²) in [5.41, 5.74) is -0.111. The Morgan fingerprint density at radius 2 is 1.95 bits per heavy atom. The number of carbonyl (C=O) groups is 2. The van der Waals surface area contributed by atoms with Crippen molar-refractivity contribution in [1.82, 2.24) is 5.32 Å². The molecule has 1 aromatic carbocycles. The van der Waals surface area contributed by atoms with E-state index in [4.69, 9.17) is 4.74 Å². The van der Waals surface area contributed by atoms with Gasteiger partial charge in [0.1, 0.15) is 6.61 Å². The molecule has 1 aliphatic carbocycles. The summed E-state index contributed by atoms with van der Waals surface area (Å²) < 4.78 is 5.17. The highest BCUT2D eigenvalue weighted by atomic mass is 16.5. The number of aliphatic carboxylic acids is 1. The highest BCUT2D eigenvalue weighted by Crippen LogP contribution is 2.40. The summed E-state index contributed by atoms with van der Waals surface area (Å²) in [5.74, 6) is -0.692. The molecule has 0 radical (unpaired) electrons. The van der Waals surface area contributed by atoms with E-state index in [1.165, 1.54) is 0 Å². The van der Waals surface area contributed by atoms with Crippen LogP contribution in [0.25, 0.3) is 0 Å². The third-order valence-electron chi connectivity index (χ3n) is 3.91. The van der Waals surface area contributed by atoms with Gasteiger partial charge in [0.05, 0.1) is 11.5 Å². The van der Waals surface area contributed by atoms with E-state index in [2.05, 4.69) is 5.32 Å². The fourth-order valence-electron chi connectivity index (χ4n) is 2.34. The fraction of sp³-hybridized carbons (Fsp3) is 0.500. The molecule has 0 spiro atoms. The third kappa shape index (κ3) is 3.97. The molecule has 0 bridgehead atoms. The maximum atomic E-state index is 11.9. The Bertz CT molecular complexity index is 508. The molecule has 1 aliphatic rings. The molecule has 1 aromatic rings. The number of hydrogen-bond acceptors (Lipinski definition) is 3. The van der Waals surface area contributed by atoms with Gasteiger partial charge >= 0.3 is 12.1 Å². The number of rotatable bonds is 6. The van der Waals surface area contributed by atoms with Gasteiger partial charge in [-0.3, -0.25) is 4.79 Å². The quantitative estimate of drug-likeness (QED) is 0.845. The topological polar surface area (TPSA) is 75.6 Å². The number of carbonyl (C=O) groups excluding carboxylic acids is 1. The number of ether oxygens (including phenoxy) is 1. The second-order valence-electron chi connectivity index (χ2n) is 6.05. The Labute approximate surface area is 124 Å². The van der Waals surface area contributed by atoms with E-state index in [9.17, 15) is 14.7 Å². The Balaban J connectivity index is 1.92. The molecule has 0 unspecified atom stereocenters. The van der Waals surface area contributed by atoms with Crippen LogP contribution in [0.4, 0.5) is 4.79 Å². The lowest BCUT2D eigenvalue weighted by atomic mass is 9.82. The minimum absolute atomic E-state index is 0.178. The molecular weight excluding hydrogens is 270 g/mol. The molecule has 1 amide bonds. The second kappa shape index (κ2) is 6.16. The number of amides is 1. The van der Waals surface area contributed by atoms with E-state index in [0.717, 1.165) is 18.4 Å². The van der Waals surface area contributed by atoms with Gasteiger partial charge in [-0.15, -0.1) is 0 Å². The summed E-state index contributed by atoms with van der Waals surface area (Å²) >= 11 is 0. The predicted molar refractivity (Wildman–Crippen MR) is 77.7 cm³/mol. The maximum absolute atomic E-state index is 11.9. The lowest BCUT2D eigenvalue weighted by molar-refractivity contribution is -0.148. The number of nitrogens with one attached hydrogen (secondary N) is 1.